The number of anilines is 1. The molecular formula is C14H14F3N3O5. The number of rotatable bonds is 3. The van der Waals surface area contributed by atoms with Gasteiger partial charge >= 0.3 is 24.1 Å². The lowest BCUT2D eigenvalue weighted by Gasteiger charge is -2.18. The predicted molar refractivity (Wildman–Crippen MR) is 76.8 cm³/mol. The van der Waals surface area contributed by atoms with Crippen LogP contribution in [-0.4, -0.2) is 59.3 Å². The van der Waals surface area contributed by atoms with Gasteiger partial charge in [-0.25, -0.2) is 9.59 Å². The van der Waals surface area contributed by atoms with E-state index in [9.17, 15) is 27.6 Å². The summed E-state index contributed by atoms with van der Waals surface area (Å²) in [6.45, 7) is -1.34. The Morgan fingerprint density at radius 3 is 2.52 bits per heavy atom. The molecule has 0 aromatic carbocycles. The van der Waals surface area contributed by atoms with E-state index >= 15 is 0 Å². The van der Waals surface area contributed by atoms with Gasteiger partial charge in [-0.05, 0) is 6.07 Å². The zero-order chi connectivity index (χ0) is 18.8. The number of amides is 2. The van der Waals surface area contributed by atoms with E-state index in [1.54, 1.807) is 0 Å². The highest BCUT2D eigenvalue weighted by molar-refractivity contribution is 5.93. The van der Waals surface area contributed by atoms with Gasteiger partial charge in [0.1, 0.15) is 0 Å². The van der Waals surface area contributed by atoms with Crippen molar-refractivity contribution in [3.63, 3.8) is 0 Å². The zero-order valence-electron chi connectivity index (χ0n) is 12.9. The van der Waals surface area contributed by atoms with Gasteiger partial charge in [-0.15, -0.1) is 0 Å². The van der Waals surface area contributed by atoms with Crippen molar-refractivity contribution in [2.24, 2.45) is 11.8 Å². The Balaban J connectivity index is 2.11. The van der Waals surface area contributed by atoms with Crippen molar-refractivity contribution in [1.29, 1.82) is 0 Å². The minimum atomic E-state index is -4.73. The van der Waals surface area contributed by atoms with Crippen molar-refractivity contribution in [1.82, 2.24) is 9.88 Å². The Morgan fingerprint density at radius 2 is 2.00 bits per heavy atom. The van der Waals surface area contributed by atoms with Gasteiger partial charge in [0.15, 0.2) is 0 Å². The second kappa shape index (κ2) is 6.95. The number of hydrogen-bond donors (Lipinski definition) is 2. The van der Waals surface area contributed by atoms with Crippen LogP contribution in [0.2, 0.25) is 0 Å². The molecule has 11 heteroatoms. The Labute approximate surface area is 139 Å². The van der Waals surface area contributed by atoms with E-state index < -0.39 is 49.1 Å². The van der Waals surface area contributed by atoms with Crippen LogP contribution in [0.15, 0.2) is 18.5 Å². The lowest BCUT2D eigenvalue weighted by atomic mass is 9.96. The molecule has 0 unspecified atom stereocenters. The maximum absolute atomic E-state index is 12.9. The van der Waals surface area contributed by atoms with Crippen LogP contribution >= 0.6 is 0 Å². The van der Waals surface area contributed by atoms with Crippen LogP contribution in [0.3, 0.4) is 0 Å². The molecule has 1 aliphatic rings. The molecule has 1 fully saturated rings. The molecule has 0 bridgehead atoms. The molecule has 8 nitrogen and oxygen atoms in total. The third kappa shape index (κ3) is 4.17. The number of ether oxygens (including phenoxy) is 1. The Kier molecular flexibility index (Phi) is 5.14. The highest BCUT2D eigenvalue weighted by Crippen LogP contribution is 2.37. The Bertz CT molecular complexity index is 695. The van der Waals surface area contributed by atoms with E-state index in [4.69, 9.17) is 5.11 Å². The standard InChI is InChI=1S/C14H14F3N3O5/c1-25-12(23)7-2-8(4-18-3-7)19-13(24)20-5-9(11(21)22)10(6-20)14(15,16)17/h2-4,9-10H,5-6H2,1H3,(H,19,24)(H,21,22)/t9-,10-/m1/s1. The molecule has 0 spiro atoms. The van der Waals surface area contributed by atoms with Crippen molar-refractivity contribution in [3.05, 3.63) is 24.0 Å². The molecule has 0 aliphatic carbocycles. The van der Waals surface area contributed by atoms with Crippen molar-refractivity contribution >= 4 is 23.7 Å². The van der Waals surface area contributed by atoms with Gasteiger partial charge in [-0.2, -0.15) is 13.2 Å². The number of halogens is 3. The SMILES string of the molecule is COC(=O)c1cncc(NC(=O)N2C[C@@H](C(F)(F)F)[C@H](C(=O)O)C2)c1. The first kappa shape index (κ1) is 18.5. The highest BCUT2D eigenvalue weighted by Gasteiger charge is 2.53. The first-order valence-corrected chi connectivity index (χ1v) is 7.02. The Hall–Kier alpha value is -2.85. The van der Waals surface area contributed by atoms with Crippen molar-refractivity contribution in [2.75, 3.05) is 25.5 Å². The van der Waals surface area contributed by atoms with Crippen LogP contribution in [0.4, 0.5) is 23.7 Å². The van der Waals surface area contributed by atoms with E-state index in [0.29, 0.717) is 0 Å². The number of alkyl halides is 3. The maximum Gasteiger partial charge on any atom is 0.394 e. The fourth-order valence-corrected chi connectivity index (χ4v) is 2.49. The summed E-state index contributed by atoms with van der Waals surface area (Å²) >= 11 is 0. The molecular weight excluding hydrogens is 347 g/mol. The number of hydrogen-bond acceptors (Lipinski definition) is 5. The van der Waals surface area contributed by atoms with Gasteiger partial charge in [-0.3, -0.25) is 9.78 Å². The molecule has 25 heavy (non-hydrogen) atoms. The molecule has 2 atom stereocenters. The topological polar surface area (TPSA) is 109 Å². The van der Waals surface area contributed by atoms with Crippen molar-refractivity contribution in [3.8, 4) is 0 Å². The molecule has 2 N–H and O–H groups in total. The lowest BCUT2D eigenvalue weighted by molar-refractivity contribution is -0.187. The average Bonchev–Trinajstić information content (AvgIpc) is 3.00. The number of aliphatic carboxylic acids is 1. The number of carboxylic acids is 1. The normalized spacial score (nSPS) is 20.2. The molecule has 0 radical (unpaired) electrons. The summed E-state index contributed by atoms with van der Waals surface area (Å²) < 4.78 is 43.3. The third-order valence-electron chi connectivity index (χ3n) is 3.76. The van der Waals surface area contributed by atoms with Crippen LogP contribution in [0, 0.1) is 11.8 Å². The fourth-order valence-electron chi connectivity index (χ4n) is 2.49. The summed E-state index contributed by atoms with van der Waals surface area (Å²) in [7, 11) is 1.15. The summed E-state index contributed by atoms with van der Waals surface area (Å²) in [5.41, 5.74) is 0.105. The zero-order valence-corrected chi connectivity index (χ0v) is 12.9. The molecule has 1 aromatic rings. The molecule has 136 valence electrons. The third-order valence-corrected chi connectivity index (χ3v) is 3.76. The first-order chi connectivity index (χ1) is 11.6. The molecule has 2 rings (SSSR count). The van der Waals surface area contributed by atoms with E-state index in [2.05, 4.69) is 15.0 Å². The summed E-state index contributed by atoms with van der Waals surface area (Å²) in [5, 5.41) is 11.2. The Morgan fingerprint density at radius 1 is 1.32 bits per heavy atom. The number of methoxy groups -OCH3 is 1. The number of likely N-dealkylation sites (tertiary alicyclic amines) is 1. The second-order valence-electron chi connectivity index (χ2n) is 5.38. The maximum atomic E-state index is 12.9. The monoisotopic (exact) mass is 361 g/mol. The summed E-state index contributed by atoms with van der Waals surface area (Å²) in [6, 6.07) is 0.324. The smallest absolute Gasteiger partial charge is 0.394 e. The van der Waals surface area contributed by atoms with Crippen LogP contribution in [-0.2, 0) is 9.53 Å². The number of carboxylic acid groups (broad SMARTS) is 1. The molecule has 1 aromatic heterocycles. The second-order valence-corrected chi connectivity index (χ2v) is 5.38. The van der Waals surface area contributed by atoms with E-state index in [-0.39, 0.29) is 11.3 Å². The first-order valence-electron chi connectivity index (χ1n) is 7.02. The molecule has 0 saturated carbocycles. The van der Waals surface area contributed by atoms with Crippen LogP contribution < -0.4 is 5.32 Å². The van der Waals surface area contributed by atoms with Crippen LogP contribution in [0.5, 0.6) is 0 Å². The predicted octanol–water partition coefficient (Wildman–Crippen LogP) is 1.59. The number of aromatic nitrogens is 1. The van der Waals surface area contributed by atoms with Gasteiger partial charge in [0.2, 0.25) is 0 Å². The van der Waals surface area contributed by atoms with E-state index in [1.165, 1.54) is 18.5 Å². The highest BCUT2D eigenvalue weighted by atomic mass is 19.4. The average molecular weight is 361 g/mol. The van der Waals surface area contributed by atoms with Gasteiger partial charge in [0.05, 0.1) is 36.4 Å². The number of esters is 1. The quantitative estimate of drug-likeness (QED) is 0.792. The molecule has 1 aliphatic heterocycles. The number of nitrogens with zero attached hydrogens (tertiary/aromatic N) is 2. The summed E-state index contributed by atoms with van der Waals surface area (Å²) in [5.74, 6) is -6.19. The summed E-state index contributed by atoms with van der Waals surface area (Å²) in [4.78, 5) is 39.0. The van der Waals surface area contributed by atoms with Crippen LogP contribution in [0.25, 0.3) is 0 Å². The number of carbonyl (C=O) groups is 3. The number of pyridine rings is 1. The lowest BCUT2D eigenvalue weighted by Crippen LogP contribution is -2.35. The van der Waals surface area contributed by atoms with Gasteiger partial charge in [-0.1, -0.05) is 0 Å². The van der Waals surface area contributed by atoms with Gasteiger partial charge < -0.3 is 20.1 Å². The van der Waals surface area contributed by atoms with Gasteiger partial charge in [0.25, 0.3) is 0 Å². The molecule has 2 heterocycles. The molecule has 1 saturated heterocycles. The van der Waals surface area contributed by atoms with Crippen molar-refractivity contribution < 1.29 is 37.4 Å². The minimum Gasteiger partial charge on any atom is -0.481 e. The largest absolute Gasteiger partial charge is 0.481 e. The molecule has 2 amide bonds. The summed E-state index contributed by atoms with van der Waals surface area (Å²) in [6.07, 6.45) is -2.35. The van der Waals surface area contributed by atoms with Gasteiger partial charge in [0, 0.05) is 19.3 Å². The van der Waals surface area contributed by atoms with Crippen molar-refractivity contribution in [2.45, 2.75) is 6.18 Å². The van der Waals surface area contributed by atoms with E-state index in [1.807, 2.05) is 0 Å². The van der Waals surface area contributed by atoms with E-state index in [0.717, 1.165) is 12.0 Å². The number of nitrogens with one attached hydrogen (secondary N) is 1. The number of carbonyl (C=O) groups excluding carboxylic acids is 2. The number of urea groups is 1. The minimum absolute atomic E-state index is 0.0401. The fraction of sp³-hybridized carbons (Fsp3) is 0.429. The van der Waals surface area contributed by atoms with Crippen LogP contribution in [0.1, 0.15) is 10.4 Å².